The van der Waals surface area contributed by atoms with E-state index in [1.54, 1.807) is 6.20 Å². The molecule has 6 nitrogen and oxygen atoms in total. The van der Waals surface area contributed by atoms with Crippen molar-refractivity contribution in [2.24, 2.45) is 0 Å². The van der Waals surface area contributed by atoms with E-state index in [0.717, 1.165) is 18.7 Å². The Morgan fingerprint density at radius 1 is 1.48 bits per heavy atom. The van der Waals surface area contributed by atoms with E-state index in [1.165, 1.54) is 6.20 Å². The molecule has 2 atom stereocenters. The smallest absolute Gasteiger partial charge is 0.255 e. The fourth-order valence-corrected chi connectivity index (χ4v) is 2.80. The number of amides is 1. The molecule has 0 aliphatic carbocycles. The number of rotatable bonds is 4. The normalized spacial score (nSPS) is 20.2. The maximum absolute atomic E-state index is 12.4. The Kier molecular flexibility index (Phi) is 4.95. The van der Waals surface area contributed by atoms with Gasteiger partial charge in [0.2, 0.25) is 0 Å². The molecule has 0 spiro atoms. The van der Waals surface area contributed by atoms with Crippen LogP contribution >= 0.6 is 11.6 Å². The van der Waals surface area contributed by atoms with Crippen LogP contribution in [-0.4, -0.2) is 53.9 Å². The van der Waals surface area contributed by atoms with Gasteiger partial charge in [-0.05, 0) is 24.7 Å². The van der Waals surface area contributed by atoms with Gasteiger partial charge in [0.15, 0.2) is 0 Å². The molecule has 1 aromatic carbocycles. The molecule has 2 N–H and O–H groups in total. The van der Waals surface area contributed by atoms with Gasteiger partial charge >= 0.3 is 0 Å². The molecule has 1 aliphatic heterocycles. The Labute approximate surface area is 139 Å². The van der Waals surface area contributed by atoms with Crippen molar-refractivity contribution in [2.45, 2.75) is 12.1 Å². The maximum Gasteiger partial charge on any atom is 0.255 e. The minimum absolute atomic E-state index is 0.120. The van der Waals surface area contributed by atoms with Crippen LogP contribution in [0.15, 0.2) is 36.7 Å². The number of likely N-dealkylation sites (N-methyl/N-ethyl adjacent to an activating group) is 1. The summed E-state index contributed by atoms with van der Waals surface area (Å²) in [4.78, 5) is 14.6. The van der Waals surface area contributed by atoms with E-state index >= 15 is 0 Å². The Morgan fingerprint density at radius 2 is 2.26 bits per heavy atom. The molecule has 3 rings (SSSR count). The molecule has 7 heteroatoms. The lowest BCUT2D eigenvalue weighted by Crippen LogP contribution is -2.47. The number of morpholine rings is 1. The van der Waals surface area contributed by atoms with Crippen LogP contribution < -0.4 is 5.32 Å². The summed E-state index contributed by atoms with van der Waals surface area (Å²) < 4.78 is 5.90. The second kappa shape index (κ2) is 7.12. The highest BCUT2D eigenvalue weighted by Crippen LogP contribution is 2.24. The molecule has 1 saturated heterocycles. The van der Waals surface area contributed by atoms with Gasteiger partial charge in [0.05, 0.1) is 30.5 Å². The molecule has 23 heavy (non-hydrogen) atoms. The molecule has 1 aliphatic rings. The van der Waals surface area contributed by atoms with E-state index in [-0.39, 0.29) is 18.1 Å². The first-order valence-electron chi connectivity index (χ1n) is 7.49. The number of carbonyl (C=O) groups is 1. The summed E-state index contributed by atoms with van der Waals surface area (Å²) in [6.45, 7) is 2.28. The number of aromatic amines is 1. The predicted octanol–water partition coefficient (Wildman–Crippen LogP) is 1.86. The first-order chi connectivity index (χ1) is 11.1. The Bertz CT molecular complexity index is 645. The van der Waals surface area contributed by atoms with Crippen LogP contribution in [0.5, 0.6) is 0 Å². The van der Waals surface area contributed by atoms with Gasteiger partial charge in [-0.15, -0.1) is 0 Å². The number of halogens is 1. The minimum atomic E-state index is -0.252. The molecule has 0 saturated carbocycles. The van der Waals surface area contributed by atoms with Crippen LogP contribution in [0.3, 0.4) is 0 Å². The number of benzene rings is 1. The van der Waals surface area contributed by atoms with E-state index in [9.17, 15) is 4.79 Å². The SMILES string of the molecule is CN1CCOC(C(NC(=O)c2cn[nH]c2)c2ccc(Cl)cc2)C1. The van der Waals surface area contributed by atoms with Crippen molar-refractivity contribution in [3.8, 4) is 0 Å². The van der Waals surface area contributed by atoms with Crippen molar-refractivity contribution in [3.63, 3.8) is 0 Å². The zero-order valence-corrected chi connectivity index (χ0v) is 13.6. The highest BCUT2D eigenvalue weighted by molar-refractivity contribution is 6.30. The van der Waals surface area contributed by atoms with Crippen LogP contribution in [0.2, 0.25) is 5.02 Å². The van der Waals surface area contributed by atoms with Crippen molar-refractivity contribution >= 4 is 17.5 Å². The van der Waals surface area contributed by atoms with Crippen LogP contribution in [0.1, 0.15) is 22.0 Å². The number of carbonyl (C=O) groups excluding carboxylic acids is 1. The molecule has 0 bridgehead atoms. The summed E-state index contributed by atoms with van der Waals surface area (Å²) >= 11 is 5.97. The van der Waals surface area contributed by atoms with Crippen LogP contribution in [-0.2, 0) is 4.74 Å². The van der Waals surface area contributed by atoms with E-state index in [1.807, 2.05) is 31.3 Å². The van der Waals surface area contributed by atoms with Gasteiger partial charge in [-0.25, -0.2) is 0 Å². The van der Waals surface area contributed by atoms with Crippen LogP contribution in [0.4, 0.5) is 0 Å². The molecule has 122 valence electrons. The quantitative estimate of drug-likeness (QED) is 0.895. The lowest BCUT2D eigenvalue weighted by molar-refractivity contribution is -0.0380. The third-order valence-electron chi connectivity index (χ3n) is 3.94. The summed E-state index contributed by atoms with van der Waals surface area (Å²) in [6, 6.07) is 7.22. The lowest BCUT2D eigenvalue weighted by atomic mass is 9.99. The van der Waals surface area contributed by atoms with Gasteiger partial charge in [0.1, 0.15) is 0 Å². The molecule has 2 aromatic rings. The number of nitrogens with one attached hydrogen (secondary N) is 2. The first-order valence-corrected chi connectivity index (χ1v) is 7.86. The number of hydrogen-bond donors (Lipinski definition) is 2. The maximum atomic E-state index is 12.4. The summed E-state index contributed by atoms with van der Waals surface area (Å²) in [5.74, 6) is -0.185. The molecular formula is C16H19ClN4O2. The van der Waals surface area contributed by atoms with Crippen LogP contribution in [0.25, 0.3) is 0 Å². The van der Waals surface area contributed by atoms with Crippen molar-refractivity contribution < 1.29 is 9.53 Å². The summed E-state index contributed by atoms with van der Waals surface area (Å²) in [5.41, 5.74) is 1.46. The van der Waals surface area contributed by atoms with Crippen molar-refractivity contribution in [3.05, 3.63) is 52.8 Å². The molecular weight excluding hydrogens is 316 g/mol. The average molecular weight is 335 g/mol. The molecule has 2 unspecified atom stereocenters. The standard InChI is InChI=1S/C16H19ClN4O2/c1-21-6-7-23-14(10-21)15(11-2-4-13(17)5-3-11)20-16(22)12-8-18-19-9-12/h2-5,8-9,14-15H,6-7,10H2,1H3,(H,18,19)(H,20,22). The van der Waals surface area contributed by atoms with E-state index in [2.05, 4.69) is 20.4 Å². The molecule has 2 heterocycles. The summed E-state index contributed by atoms with van der Waals surface area (Å²) in [5, 5.41) is 10.2. The van der Waals surface area contributed by atoms with E-state index in [4.69, 9.17) is 16.3 Å². The summed E-state index contributed by atoms with van der Waals surface area (Å²) in [7, 11) is 2.05. The van der Waals surface area contributed by atoms with Gasteiger partial charge in [-0.1, -0.05) is 23.7 Å². The Morgan fingerprint density at radius 3 is 2.91 bits per heavy atom. The number of H-pyrrole nitrogens is 1. The fraction of sp³-hybridized carbons (Fsp3) is 0.375. The van der Waals surface area contributed by atoms with E-state index < -0.39 is 0 Å². The molecule has 1 amide bonds. The Balaban J connectivity index is 1.83. The second-order valence-corrected chi connectivity index (χ2v) is 6.10. The number of hydrogen-bond acceptors (Lipinski definition) is 4. The zero-order valence-electron chi connectivity index (χ0n) is 12.8. The van der Waals surface area contributed by atoms with Gasteiger partial charge in [0.25, 0.3) is 5.91 Å². The number of nitrogens with zero attached hydrogens (tertiary/aromatic N) is 2. The van der Waals surface area contributed by atoms with Gasteiger partial charge in [0, 0.05) is 24.3 Å². The van der Waals surface area contributed by atoms with Gasteiger partial charge in [-0.2, -0.15) is 5.10 Å². The average Bonchev–Trinajstić information content (AvgIpc) is 3.08. The summed E-state index contributed by atoms with van der Waals surface area (Å²) in [6.07, 6.45) is 2.95. The second-order valence-electron chi connectivity index (χ2n) is 5.66. The van der Waals surface area contributed by atoms with Crippen LogP contribution in [0, 0.1) is 0 Å². The molecule has 1 fully saturated rings. The van der Waals surface area contributed by atoms with Crippen molar-refractivity contribution in [1.29, 1.82) is 0 Å². The topological polar surface area (TPSA) is 70.2 Å². The lowest BCUT2D eigenvalue weighted by Gasteiger charge is -2.35. The number of ether oxygens (including phenoxy) is 1. The highest BCUT2D eigenvalue weighted by atomic mass is 35.5. The van der Waals surface area contributed by atoms with Gasteiger partial charge < -0.3 is 15.0 Å². The number of aromatic nitrogens is 2. The van der Waals surface area contributed by atoms with Crippen molar-refractivity contribution in [2.75, 3.05) is 26.7 Å². The predicted molar refractivity (Wildman–Crippen MR) is 87.5 cm³/mol. The Hall–Kier alpha value is -1.89. The molecule has 0 radical (unpaired) electrons. The third-order valence-corrected chi connectivity index (χ3v) is 4.20. The molecule has 1 aromatic heterocycles. The fourth-order valence-electron chi connectivity index (χ4n) is 2.67. The first kappa shape index (κ1) is 16.0. The minimum Gasteiger partial charge on any atom is -0.373 e. The van der Waals surface area contributed by atoms with Gasteiger partial charge in [-0.3, -0.25) is 9.89 Å². The zero-order chi connectivity index (χ0) is 16.2. The monoisotopic (exact) mass is 334 g/mol. The largest absolute Gasteiger partial charge is 0.373 e. The highest BCUT2D eigenvalue weighted by Gasteiger charge is 2.29. The van der Waals surface area contributed by atoms with Crippen molar-refractivity contribution in [1.82, 2.24) is 20.4 Å². The van der Waals surface area contributed by atoms with E-state index in [0.29, 0.717) is 17.2 Å². The third kappa shape index (κ3) is 3.90.